The molecule has 2 aromatic carbocycles. The summed E-state index contributed by atoms with van der Waals surface area (Å²) in [7, 11) is 2.10. The number of carbonyl (C=O) groups excluding carboxylic acids is 2. The summed E-state index contributed by atoms with van der Waals surface area (Å²) < 4.78 is 0. The first kappa shape index (κ1) is 19.8. The molecule has 26 heavy (non-hydrogen) atoms. The number of fused-ring (bicyclic) bond motifs is 1. The lowest BCUT2D eigenvalue weighted by Gasteiger charge is -2.25. The van der Waals surface area contributed by atoms with Crippen LogP contribution in [0.25, 0.3) is 0 Å². The van der Waals surface area contributed by atoms with Crippen LogP contribution in [0.3, 0.4) is 0 Å². The highest BCUT2D eigenvalue weighted by Gasteiger charge is 2.14. The van der Waals surface area contributed by atoms with Gasteiger partial charge in [0.15, 0.2) is 0 Å². The maximum atomic E-state index is 12.2. The number of nitrogens with one attached hydrogen (secondary N) is 3. The van der Waals surface area contributed by atoms with Gasteiger partial charge in [0.05, 0.1) is 0 Å². The maximum absolute atomic E-state index is 12.2. The summed E-state index contributed by atoms with van der Waals surface area (Å²) in [5.41, 5.74) is 4.61. The predicted octanol–water partition coefficient (Wildman–Crippen LogP) is 3.70. The van der Waals surface area contributed by atoms with Crippen LogP contribution in [0.5, 0.6) is 0 Å². The number of hydrogen-bond acceptors (Lipinski definition) is 3. The smallest absolute Gasteiger partial charge is 0.323 e. The van der Waals surface area contributed by atoms with Gasteiger partial charge in [-0.15, -0.1) is 12.4 Å². The van der Waals surface area contributed by atoms with Gasteiger partial charge in [-0.25, -0.2) is 4.79 Å². The van der Waals surface area contributed by atoms with E-state index in [-0.39, 0.29) is 24.3 Å². The average Bonchev–Trinajstić information content (AvgIpc) is 2.54. The van der Waals surface area contributed by atoms with Crippen LogP contribution in [0.4, 0.5) is 21.9 Å². The minimum absolute atomic E-state index is 0. The largest absolute Gasteiger partial charge is 0.326 e. The Morgan fingerprint density at radius 3 is 2.27 bits per heavy atom. The first-order valence-corrected chi connectivity index (χ1v) is 8.25. The van der Waals surface area contributed by atoms with Gasteiger partial charge in [-0.3, -0.25) is 4.79 Å². The Morgan fingerprint density at radius 2 is 1.58 bits per heavy atom. The highest BCUT2D eigenvalue weighted by atomic mass is 35.5. The van der Waals surface area contributed by atoms with Gasteiger partial charge >= 0.3 is 6.03 Å². The van der Waals surface area contributed by atoms with Gasteiger partial charge in [-0.1, -0.05) is 12.1 Å². The van der Waals surface area contributed by atoms with Gasteiger partial charge in [-0.05, 0) is 54.9 Å². The molecule has 0 bridgehead atoms. The Morgan fingerprint density at radius 1 is 0.923 bits per heavy atom. The molecular formula is C19H23ClN4O2. The zero-order chi connectivity index (χ0) is 17.8. The van der Waals surface area contributed by atoms with E-state index in [1.165, 1.54) is 18.1 Å². The highest BCUT2D eigenvalue weighted by Crippen LogP contribution is 2.22. The molecule has 0 spiro atoms. The maximum Gasteiger partial charge on any atom is 0.323 e. The Hall–Kier alpha value is -2.57. The number of rotatable bonds is 3. The van der Waals surface area contributed by atoms with Crippen molar-refractivity contribution in [2.24, 2.45) is 0 Å². The molecule has 0 fully saturated rings. The number of hydrogen-bond donors (Lipinski definition) is 3. The molecule has 0 unspecified atom stereocenters. The molecule has 1 heterocycles. The molecule has 1 aliphatic rings. The first-order valence-electron chi connectivity index (χ1n) is 8.25. The molecule has 2 aromatic rings. The standard InChI is InChI=1S/C19H22N4O2.ClH/c1-13(24)20-16-4-3-5-17(11-16)21-19(25)22-18-7-6-14-8-9-23(2)12-15(14)10-18;/h3-7,10-11H,8-9,12H2,1-2H3,(H,20,24)(H2,21,22,25);1H. The monoisotopic (exact) mass is 374 g/mol. The lowest BCUT2D eigenvalue weighted by molar-refractivity contribution is -0.114. The molecule has 0 saturated carbocycles. The molecule has 1 aliphatic heterocycles. The number of carbonyl (C=O) groups is 2. The van der Waals surface area contributed by atoms with Gasteiger partial charge in [0, 0.05) is 37.1 Å². The Labute approximate surface area is 159 Å². The fourth-order valence-electron chi connectivity index (χ4n) is 2.95. The van der Waals surface area contributed by atoms with Gasteiger partial charge in [-0.2, -0.15) is 0 Å². The van der Waals surface area contributed by atoms with Crippen molar-refractivity contribution in [3.8, 4) is 0 Å². The summed E-state index contributed by atoms with van der Waals surface area (Å²) in [5.74, 6) is -0.152. The molecule has 3 amide bonds. The molecule has 6 nitrogen and oxygen atoms in total. The molecule has 0 radical (unpaired) electrons. The second-order valence-corrected chi connectivity index (χ2v) is 6.31. The first-order chi connectivity index (χ1) is 12.0. The van der Waals surface area contributed by atoms with Crippen LogP contribution in [0.1, 0.15) is 18.1 Å². The number of amides is 3. The summed E-state index contributed by atoms with van der Waals surface area (Å²) in [4.78, 5) is 25.6. The van der Waals surface area contributed by atoms with Crippen LogP contribution in [0, 0.1) is 0 Å². The van der Waals surface area contributed by atoms with E-state index in [0.29, 0.717) is 11.4 Å². The Kier molecular flexibility index (Phi) is 6.60. The topological polar surface area (TPSA) is 73.5 Å². The molecular weight excluding hydrogens is 352 g/mol. The molecule has 0 aliphatic carbocycles. The van der Waals surface area contributed by atoms with Crippen LogP contribution in [0.15, 0.2) is 42.5 Å². The second-order valence-electron chi connectivity index (χ2n) is 6.31. The number of nitrogens with zero attached hydrogens (tertiary/aromatic N) is 1. The number of anilines is 3. The summed E-state index contributed by atoms with van der Waals surface area (Å²) in [6, 6.07) is 12.7. The van der Waals surface area contributed by atoms with Crippen molar-refractivity contribution in [3.63, 3.8) is 0 Å². The van der Waals surface area contributed by atoms with Crippen molar-refractivity contribution >= 4 is 41.4 Å². The second kappa shape index (κ2) is 8.69. The van der Waals surface area contributed by atoms with Crippen molar-refractivity contribution < 1.29 is 9.59 Å². The van der Waals surface area contributed by atoms with Gasteiger partial charge in [0.25, 0.3) is 0 Å². The number of halogens is 1. The van der Waals surface area contributed by atoms with Gasteiger partial charge in [0.1, 0.15) is 0 Å². The van der Waals surface area contributed by atoms with E-state index in [1.807, 2.05) is 12.1 Å². The number of urea groups is 1. The molecule has 7 heteroatoms. The minimum atomic E-state index is -0.316. The fraction of sp³-hybridized carbons (Fsp3) is 0.263. The zero-order valence-electron chi connectivity index (χ0n) is 14.8. The van der Waals surface area contributed by atoms with Crippen LogP contribution >= 0.6 is 12.4 Å². The third-order valence-corrected chi connectivity index (χ3v) is 4.11. The molecule has 0 atom stereocenters. The minimum Gasteiger partial charge on any atom is -0.326 e. The average molecular weight is 375 g/mol. The zero-order valence-corrected chi connectivity index (χ0v) is 15.7. The van der Waals surface area contributed by atoms with E-state index >= 15 is 0 Å². The van der Waals surface area contributed by atoms with Crippen LogP contribution < -0.4 is 16.0 Å². The van der Waals surface area contributed by atoms with Gasteiger partial charge in [0.2, 0.25) is 5.91 Å². The number of benzene rings is 2. The highest BCUT2D eigenvalue weighted by molar-refractivity contribution is 6.00. The third kappa shape index (κ3) is 5.21. The summed E-state index contributed by atoms with van der Waals surface area (Å²) in [6.07, 6.45) is 1.04. The predicted molar refractivity (Wildman–Crippen MR) is 107 cm³/mol. The van der Waals surface area contributed by atoms with Crippen molar-refractivity contribution in [2.45, 2.75) is 19.9 Å². The van der Waals surface area contributed by atoms with E-state index < -0.39 is 0 Å². The Balaban J connectivity index is 0.00000243. The third-order valence-electron chi connectivity index (χ3n) is 4.11. The quantitative estimate of drug-likeness (QED) is 0.767. The van der Waals surface area contributed by atoms with Gasteiger partial charge < -0.3 is 20.9 Å². The summed E-state index contributed by atoms with van der Waals surface area (Å²) in [5, 5.41) is 8.33. The molecule has 3 rings (SSSR count). The van der Waals surface area contributed by atoms with Crippen LogP contribution in [-0.2, 0) is 17.8 Å². The molecule has 0 saturated heterocycles. The van der Waals surface area contributed by atoms with E-state index in [0.717, 1.165) is 25.2 Å². The van der Waals surface area contributed by atoms with Crippen molar-refractivity contribution in [3.05, 3.63) is 53.6 Å². The normalized spacial score (nSPS) is 13.2. The van der Waals surface area contributed by atoms with Crippen molar-refractivity contribution in [2.75, 3.05) is 29.5 Å². The fourth-order valence-corrected chi connectivity index (χ4v) is 2.95. The van der Waals surface area contributed by atoms with E-state index in [9.17, 15) is 9.59 Å². The van der Waals surface area contributed by atoms with Crippen LogP contribution in [-0.4, -0.2) is 30.4 Å². The van der Waals surface area contributed by atoms with Crippen LogP contribution in [0.2, 0.25) is 0 Å². The lowest BCUT2D eigenvalue weighted by Crippen LogP contribution is -2.26. The van der Waals surface area contributed by atoms with E-state index in [1.54, 1.807) is 24.3 Å². The van der Waals surface area contributed by atoms with Crippen molar-refractivity contribution in [1.29, 1.82) is 0 Å². The molecule has 138 valence electrons. The lowest BCUT2D eigenvalue weighted by atomic mass is 9.99. The molecule has 0 aromatic heterocycles. The summed E-state index contributed by atoms with van der Waals surface area (Å²) >= 11 is 0. The Bertz CT molecular complexity index is 810. The molecule has 3 N–H and O–H groups in total. The van der Waals surface area contributed by atoms with Crippen molar-refractivity contribution in [1.82, 2.24) is 4.90 Å². The van der Waals surface area contributed by atoms with E-state index in [2.05, 4.69) is 34.0 Å². The number of likely N-dealkylation sites (N-methyl/N-ethyl adjacent to an activating group) is 1. The SMILES string of the molecule is CC(=O)Nc1cccc(NC(=O)Nc2ccc3c(c2)CN(C)CC3)c1.Cl. The summed E-state index contributed by atoms with van der Waals surface area (Å²) in [6.45, 7) is 3.40. The van der Waals surface area contributed by atoms with E-state index in [4.69, 9.17) is 0 Å².